The maximum Gasteiger partial charge on any atom is 0.0853 e. The lowest BCUT2D eigenvalue weighted by Gasteiger charge is -2.28. The SMILES string of the molecule is CC(C)c1c(C(C)(C)n2ccc(C(C)(C)C)n2)cnn1C(C)C. The Balaban J connectivity index is 2.54. The van der Waals surface area contributed by atoms with Crippen molar-refractivity contribution >= 4 is 0 Å². The Morgan fingerprint density at radius 2 is 1.61 bits per heavy atom. The van der Waals surface area contributed by atoms with E-state index in [9.17, 15) is 0 Å². The van der Waals surface area contributed by atoms with Gasteiger partial charge >= 0.3 is 0 Å². The van der Waals surface area contributed by atoms with Gasteiger partial charge in [-0.15, -0.1) is 0 Å². The summed E-state index contributed by atoms with van der Waals surface area (Å²) in [6.07, 6.45) is 4.12. The maximum atomic E-state index is 4.86. The highest BCUT2D eigenvalue weighted by Crippen LogP contribution is 2.34. The molecule has 0 saturated carbocycles. The minimum Gasteiger partial charge on any atom is -0.266 e. The van der Waals surface area contributed by atoms with Crippen molar-refractivity contribution in [1.29, 1.82) is 0 Å². The minimum atomic E-state index is -0.226. The molecule has 128 valence electrons. The van der Waals surface area contributed by atoms with Gasteiger partial charge in [0, 0.05) is 28.9 Å². The molecule has 0 atom stereocenters. The van der Waals surface area contributed by atoms with Gasteiger partial charge in [-0.3, -0.25) is 9.36 Å². The van der Waals surface area contributed by atoms with E-state index in [4.69, 9.17) is 5.10 Å². The summed E-state index contributed by atoms with van der Waals surface area (Å²) in [6.45, 7) is 19.9. The zero-order chi connectivity index (χ0) is 17.6. The van der Waals surface area contributed by atoms with Gasteiger partial charge in [-0.25, -0.2) is 0 Å². The zero-order valence-corrected chi connectivity index (χ0v) is 16.2. The van der Waals surface area contributed by atoms with Crippen molar-refractivity contribution in [2.45, 2.75) is 85.2 Å². The van der Waals surface area contributed by atoms with Crippen LogP contribution in [-0.4, -0.2) is 19.6 Å². The molecular weight excluding hydrogens is 284 g/mol. The second kappa shape index (κ2) is 5.81. The molecule has 2 aromatic heterocycles. The largest absolute Gasteiger partial charge is 0.266 e. The average Bonchev–Trinajstić information content (AvgIpc) is 3.05. The lowest BCUT2D eigenvalue weighted by molar-refractivity contribution is 0.374. The molecule has 0 unspecified atom stereocenters. The van der Waals surface area contributed by atoms with Crippen LogP contribution in [0.3, 0.4) is 0 Å². The quantitative estimate of drug-likeness (QED) is 0.807. The van der Waals surface area contributed by atoms with E-state index in [1.807, 2.05) is 6.20 Å². The van der Waals surface area contributed by atoms with Crippen molar-refractivity contribution in [3.8, 4) is 0 Å². The van der Waals surface area contributed by atoms with E-state index in [-0.39, 0.29) is 11.0 Å². The number of hydrogen-bond acceptors (Lipinski definition) is 2. The first-order chi connectivity index (χ1) is 10.5. The molecule has 0 aliphatic carbocycles. The Labute approximate surface area is 140 Å². The summed E-state index contributed by atoms with van der Waals surface area (Å²) in [7, 11) is 0. The van der Waals surface area contributed by atoms with E-state index in [1.165, 1.54) is 11.3 Å². The third-order valence-corrected chi connectivity index (χ3v) is 4.46. The van der Waals surface area contributed by atoms with Crippen LogP contribution >= 0.6 is 0 Å². The lowest BCUT2D eigenvalue weighted by Crippen LogP contribution is -2.30. The molecule has 0 saturated heterocycles. The third-order valence-electron chi connectivity index (χ3n) is 4.46. The zero-order valence-electron chi connectivity index (χ0n) is 16.2. The molecule has 23 heavy (non-hydrogen) atoms. The fourth-order valence-corrected chi connectivity index (χ4v) is 2.99. The van der Waals surface area contributed by atoms with Crippen LogP contribution in [0.25, 0.3) is 0 Å². The van der Waals surface area contributed by atoms with Crippen LogP contribution in [0.5, 0.6) is 0 Å². The fourth-order valence-electron chi connectivity index (χ4n) is 2.99. The van der Waals surface area contributed by atoms with Crippen LogP contribution in [0, 0.1) is 0 Å². The van der Waals surface area contributed by atoms with Gasteiger partial charge in [0.1, 0.15) is 0 Å². The molecule has 0 aromatic carbocycles. The lowest BCUT2D eigenvalue weighted by atomic mass is 9.91. The molecule has 0 radical (unpaired) electrons. The number of aromatic nitrogens is 4. The Bertz CT molecular complexity index is 666. The van der Waals surface area contributed by atoms with Crippen LogP contribution < -0.4 is 0 Å². The smallest absolute Gasteiger partial charge is 0.0853 e. The Kier molecular flexibility index (Phi) is 4.49. The summed E-state index contributed by atoms with van der Waals surface area (Å²) in [5, 5.41) is 9.52. The van der Waals surface area contributed by atoms with Crippen molar-refractivity contribution in [1.82, 2.24) is 19.6 Å². The Hall–Kier alpha value is -1.58. The molecule has 2 rings (SSSR count). The van der Waals surface area contributed by atoms with E-state index >= 15 is 0 Å². The van der Waals surface area contributed by atoms with Crippen molar-refractivity contribution in [2.24, 2.45) is 0 Å². The van der Waals surface area contributed by atoms with Crippen molar-refractivity contribution < 1.29 is 0 Å². The summed E-state index contributed by atoms with van der Waals surface area (Å²) >= 11 is 0. The molecule has 0 aliphatic heterocycles. The second-order valence-electron chi connectivity index (χ2n) is 8.59. The molecule has 0 spiro atoms. The molecule has 2 heterocycles. The highest BCUT2D eigenvalue weighted by Gasteiger charge is 2.32. The van der Waals surface area contributed by atoms with Gasteiger partial charge in [-0.2, -0.15) is 10.2 Å². The highest BCUT2D eigenvalue weighted by molar-refractivity contribution is 5.30. The first-order valence-corrected chi connectivity index (χ1v) is 8.60. The van der Waals surface area contributed by atoms with Crippen LogP contribution in [0.1, 0.15) is 91.2 Å². The molecule has 4 nitrogen and oxygen atoms in total. The van der Waals surface area contributed by atoms with Gasteiger partial charge in [0.25, 0.3) is 0 Å². The molecule has 0 bridgehead atoms. The summed E-state index contributed by atoms with van der Waals surface area (Å²) in [5.74, 6) is 0.423. The van der Waals surface area contributed by atoms with Crippen LogP contribution in [0.15, 0.2) is 18.5 Å². The van der Waals surface area contributed by atoms with Crippen molar-refractivity contribution in [3.63, 3.8) is 0 Å². The Morgan fingerprint density at radius 3 is 2.04 bits per heavy atom. The monoisotopic (exact) mass is 316 g/mol. The van der Waals surface area contributed by atoms with E-state index < -0.39 is 0 Å². The van der Waals surface area contributed by atoms with Crippen LogP contribution in [-0.2, 0) is 11.0 Å². The van der Waals surface area contributed by atoms with Crippen molar-refractivity contribution in [2.75, 3.05) is 0 Å². The van der Waals surface area contributed by atoms with E-state index in [2.05, 4.69) is 89.0 Å². The average molecular weight is 316 g/mol. The first-order valence-electron chi connectivity index (χ1n) is 8.60. The summed E-state index contributed by atoms with van der Waals surface area (Å²) in [5.41, 5.74) is 3.51. The van der Waals surface area contributed by atoms with Crippen molar-refractivity contribution in [3.05, 3.63) is 35.4 Å². The Morgan fingerprint density at radius 1 is 1.00 bits per heavy atom. The summed E-state index contributed by atoms with van der Waals surface area (Å²) in [6, 6.07) is 2.49. The van der Waals surface area contributed by atoms with Gasteiger partial charge in [0.15, 0.2) is 0 Å². The minimum absolute atomic E-state index is 0.0598. The van der Waals surface area contributed by atoms with Gasteiger partial charge in [-0.1, -0.05) is 34.6 Å². The van der Waals surface area contributed by atoms with Gasteiger partial charge < -0.3 is 0 Å². The van der Waals surface area contributed by atoms with E-state index in [1.54, 1.807) is 0 Å². The van der Waals surface area contributed by atoms with E-state index in [0.29, 0.717) is 12.0 Å². The second-order valence-corrected chi connectivity index (χ2v) is 8.59. The number of nitrogens with zero attached hydrogens (tertiary/aromatic N) is 4. The predicted molar refractivity (Wildman–Crippen MR) is 96.1 cm³/mol. The van der Waals surface area contributed by atoms with Gasteiger partial charge in [0.2, 0.25) is 0 Å². The molecule has 0 N–H and O–H groups in total. The maximum absolute atomic E-state index is 4.86. The number of hydrogen-bond donors (Lipinski definition) is 0. The molecule has 4 heteroatoms. The molecule has 2 aromatic rings. The third kappa shape index (κ3) is 3.22. The molecular formula is C19H32N4. The molecule has 0 amide bonds. The van der Waals surface area contributed by atoms with Crippen LogP contribution in [0.4, 0.5) is 0 Å². The highest BCUT2D eigenvalue weighted by atomic mass is 15.3. The fraction of sp³-hybridized carbons (Fsp3) is 0.684. The van der Waals surface area contributed by atoms with E-state index in [0.717, 1.165) is 5.69 Å². The van der Waals surface area contributed by atoms with Gasteiger partial charge in [0.05, 0.1) is 17.4 Å². The summed E-state index contributed by atoms with van der Waals surface area (Å²) in [4.78, 5) is 0. The van der Waals surface area contributed by atoms with Crippen LogP contribution in [0.2, 0.25) is 0 Å². The molecule has 0 fully saturated rings. The van der Waals surface area contributed by atoms with Gasteiger partial charge in [-0.05, 0) is 39.7 Å². The molecule has 0 aliphatic rings. The standard InChI is InChI=1S/C19H32N4/c1-13(2)17-15(12-20-23(17)14(3)4)19(8,9)22-11-10-16(21-22)18(5,6)7/h10-14H,1-9H3. The predicted octanol–water partition coefficient (Wildman–Crippen LogP) is 4.86. The summed E-state index contributed by atoms with van der Waals surface area (Å²) < 4.78 is 4.23. The topological polar surface area (TPSA) is 35.6 Å². The first kappa shape index (κ1) is 17.8. The number of rotatable bonds is 4. The normalized spacial score (nSPS) is 13.3.